The summed E-state index contributed by atoms with van der Waals surface area (Å²) in [6.07, 6.45) is 2.17. The fraction of sp³-hybridized carbons (Fsp3) is 0.833. The highest BCUT2D eigenvalue weighted by Crippen LogP contribution is 1.82. The van der Waals surface area contributed by atoms with Crippen LogP contribution in [0.1, 0.15) is 19.8 Å². The largest absolute Gasteiger partial charge is 0.355 e. The smallest absolute Gasteiger partial charge is 0.229 e. The molecular formula is C6H13NOS. The van der Waals surface area contributed by atoms with Crippen molar-refractivity contribution in [1.82, 2.24) is 5.32 Å². The average molecular weight is 147 g/mol. The zero-order valence-corrected chi connectivity index (χ0v) is 6.58. The van der Waals surface area contributed by atoms with Crippen molar-refractivity contribution in [2.75, 3.05) is 12.3 Å². The van der Waals surface area contributed by atoms with Crippen molar-refractivity contribution in [2.45, 2.75) is 19.8 Å². The Morgan fingerprint density at radius 3 is 2.78 bits per heavy atom. The summed E-state index contributed by atoms with van der Waals surface area (Å²) in [4.78, 5) is 10.5. The molecule has 0 radical (unpaired) electrons. The molecule has 0 aromatic carbocycles. The molecule has 0 aliphatic rings. The maximum atomic E-state index is 10.5. The van der Waals surface area contributed by atoms with Gasteiger partial charge in [-0.25, -0.2) is 0 Å². The lowest BCUT2D eigenvalue weighted by Crippen LogP contribution is -2.25. The van der Waals surface area contributed by atoms with Gasteiger partial charge in [0.1, 0.15) is 0 Å². The van der Waals surface area contributed by atoms with Crippen molar-refractivity contribution in [3.8, 4) is 0 Å². The fourth-order valence-corrected chi connectivity index (χ4v) is 0.572. The van der Waals surface area contributed by atoms with Crippen LogP contribution in [0.2, 0.25) is 0 Å². The van der Waals surface area contributed by atoms with Gasteiger partial charge in [0.25, 0.3) is 0 Å². The SMILES string of the molecule is CCCCNC(=O)CS. The Morgan fingerprint density at radius 2 is 2.33 bits per heavy atom. The second-order valence-electron chi connectivity index (χ2n) is 1.86. The molecule has 3 heteroatoms. The Morgan fingerprint density at radius 1 is 1.67 bits per heavy atom. The van der Waals surface area contributed by atoms with Gasteiger partial charge in [0.15, 0.2) is 0 Å². The second-order valence-corrected chi connectivity index (χ2v) is 2.18. The third kappa shape index (κ3) is 5.69. The Balaban J connectivity index is 2.97. The number of hydrogen-bond donors (Lipinski definition) is 2. The standard InChI is InChI=1S/C6H13NOS/c1-2-3-4-7-6(8)5-9/h9H,2-5H2,1H3,(H,7,8). The van der Waals surface area contributed by atoms with Crippen LogP contribution in [0.3, 0.4) is 0 Å². The molecule has 0 spiro atoms. The number of unbranched alkanes of at least 4 members (excludes halogenated alkanes) is 1. The van der Waals surface area contributed by atoms with E-state index in [0.717, 1.165) is 19.4 Å². The molecular weight excluding hydrogens is 134 g/mol. The van der Waals surface area contributed by atoms with Crippen molar-refractivity contribution < 1.29 is 4.79 Å². The Kier molecular flexibility index (Phi) is 5.83. The summed E-state index contributed by atoms with van der Waals surface area (Å²) >= 11 is 3.81. The first-order chi connectivity index (χ1) is 4.31. The van der Waals surface area contributed by atoms with E-state index in [1.165, 1.54) is 0 Å². The van der Waals surface area contributed by atoms with Crippen molar-refractivity contribution in [2.24, 2.45) is 0 Å². The number of nitrogens with one attached hydrogen (secondary N) is 1. The van der Waals surface area contributed by atoms with Crippen LogP contribution in [0.5, 0.6) is 0 Å². The summed E-state index contributed by atoms with van der Waals surface area (Å²) < 4.78 is 0. The highest BCUT2D eigenvalue weighted by molar-refractivity contribution is 7.81. The first kappa shape index (κ1) is 8.82. The van der Waals surface area contributed by atoms with Gasteiger partial charge in [0.2, 0.25) is 5.91 Å². The highest BCUT2D eigenvalue weighted by atomic mass is 32.1. The maximum Gasteiger partial charge on any atom is 0.229 e. The zero-order valence-electron chi connectivity index (χ0n) is 5.68. The number of hydrogen-bond acceptors (Lipinski definition) is 2. The molecule has 54 valence electrons. The van der Waals surface area contributed by atoms with Crippen LogP contribution in [0.4, 0.5) is 0 Å². The summed E-state index contributed by atoms with van der Waals surface area (Å²) in [6, 6.07) is 0. The number of carbonyl (C=O) groups excluding carboxylic acids is 1. The van der Waals surface area contributed by atoms with Crippen molar-refractivity contribution in [3.63, 3.8) is 0 Å². The molecule has 0 saturated carbocycles. The molecule has 0 fully saturated rings. The minimum absolute atomic E-state index is 0.0202. The number of rotatable bonds is 4. The summed E-state index contributed by atoms with van der Waals surface area (Å²) in [6.45, 7) is 2.88. The molecule has 0 bridgehead atoms. The van der Waals surface area contributed by atoms with Crippen molar-refractivity contribution >= 4 is 18.5 Å². The molecule has 0 atom stereocenters. The van der Waals surface area contributed by atoms with E-state index < -0.39 is 0 Å². The van der Waals surface area contributed by atoms with Crippen molar-refractivity contribution in [1.29, 1.82) is 0 Å². The van der Waals surface area contributed by atoms with E-state index in [2.05, 4.69) is 24.9 Å². The average Bonchev–Trinajstić information content (AvgIpc) is 1.89. The molecule has 0 aromatic heterocycles. The minimum Gasteiger partial charge on any atom is -0.355 e. The summed E-state index contributed by atoms with van der Waals surface area (Å²) in [7, 11) is 0. The quantitative estimate of drug-likeness (QED) is 0.447. The van der Waals surface area contributed by atoms with Crippen LogP contribution in [0, 0.1) is 0 Å². The first-order valence-electron chi connectivity index (χ1n) is 3.18. The van der Waals surface area contributed by atoms with Crippen LogP contribution in [-0.4, -0.2) is 18.2 Å². The van der Waals surface area contributed by atoms with Crippen molar-refractivity contribution in [3.05, 3.63) is 0 Å². The third-order valence-electron chi connectivity index (χ3n) is 0.996. The number of amides is 1. The minimum atomic E-state index is 0.0202. The summed E-state index contributed by atoms with van der Waals surface area (Å²) in [5.41, 5.74) is 0. The Hall–Kier alpha value is -0.180. The van der Waals surface area contributed by atoms with Crippen LogP contribution >= 0.6 is 12.6 Å². The Bertz CT molecular complexity index is 85.1. The second kappa shape index (κ2) is 5.95. The Labute approximate surface area is 61.4 Å². The lowest BCUT2D eigenvalue weighted by atomic mass is 10.3. The van der Waals surface area contributed by atoms with E-state index in [1.54, 1.807) is 0 Å². The molecule has 9 heavy (non-hydrogen) atoms. The predicted octanol–water partition coefficient (Wildman–Crippen LogP) is 0.833. The molecule has 0 rings (SSSR count). The molecule has 1 amide bonds. The van der Waals surface area contributed by atoms with Gasteiger partial charge >= 0.3 is 0 Å². The van der Waals surface area contributed by atoms with Gasteiger partial charge < -0.3 is 5.32 Å². The normalized spacial score (nSPS) is 9.11. The zero-order chi connectivity index (χ0) is 7.11. The van der Waals surface area contributed by atoms with Crippen LogP contribution < -0.4 is 5.32 Å². The first-order valence-corrected chi connectivity index (χ1v) is 3.82. The molecule has 0 aromatic rings. The predicted molar refractivity (Wildman–Crippen MR) is 41.8 cm³/mol. The van der Waals surface area contributed by atoms with Gasteiger partial charge in [-0.2, -0.15) is 12.6 Å². The molecule has 0 saturated heterocycles. The number of carbonyl (C=O) groups is 1. The molecule has 0 aliphatic heterocycles. The van der Waals surface area contributed by atoms with E-state index in [0.29, 0.717) is 5.75 Å². The lowest BCUT2D eigenvalue weighted by Gasteiger charge is -1.98. The summed E-state index contributed by atoms with van der Waals surface area (Å²) in [5.74, 6) is 0.316. The van der Waals surface area contributed by atoms with E-state index in [-0.39, 0.29) is 5.91 Å². The van der Waals surface area contributed by atoms with E-state index in [9.17, 15) is 4.79 Å². The molecule has 0 unspecified atom stereocenters. The maximum absolute atomic E-state index is 10.5. The molecule has 0 aliphatic carbocycles. The lowest BCUT2D eigenvalue weighted by molar-refractivity contribution is -0.118. The third-order valence-corrected chi connectivity index (χ3v) is 1.28. The van der Waals surface area contributed by atoms with E-state index >= 15 is 0 Å². The summed E-state index contributed by atoms with van der Waals surface area (Å²) in [5, 5.41) is 2.72. The fourth-order valence-electron chi connectivity index (χ4n) is 0.460. The van der Waals surface area contributed by atoms with E-state index in [4.69, 9.17) is 0 Å². The van der Waals surface area contributed by atoms with E-state index in [1.807, 2.05) is 0 Å². The molecule has 0 heterocycles. The van der Waals surface area contributed by atoms with Gasteiger partial charge in [-0.15, -0.1) is 0 Å². The molecule has 1 N–H and O–H groups in total. The molecule has 2 nitrogen and oxygen atoms in total. The van der Waals surface area contributed by atoms with Crippen LogP contribution in [-0.2, 0) is 4.79 Å². The van der Waals surface area contributed by atoms with Gasteiger partial charge in [0.05, 0.1) is 5.75 Å². The topological polar surface area (TPSA) is 29.1 Å². The van der Waals surface area contributed by atoms with Gasteiger partial charge in [-0.3, -0.25) is 4.79 Å². The number of thiol groups is 1. The monoisotopic (exact) mass is 147 g/mol. The van der Waals surface area contributed by atoms with Gasteiger partial charge in [-0.1, -0.05) is 13.3 Å². The van der Waals surface area contributed by atoms with Gasteiger partial charge in [-0.05, 0) is 6.42 Å². The van der Waals surface area contributed by atoms with Crippen LogP contribution in [0.15, 0.2) is 0 Å². The van der Waals surface area contributed by atoms with Gasteiger partial charge in [0, 0.05) is 6.54 Å². The van der Waals surface area contributed by atoms with Crippen LogP contribution in [0.25, 0.3) is 0 Å². The highest BCUT2D eigenvalue weighted by Gasteiger charge is 1.92.